The normalized spacial score (nSPS) is 14.0. The molecule has 0 amide bonds. The lowest BCUT2D eigenvalue weighted by atomic mass is 9.97. The zero-order valence-corrected chi connectivity index (χ0v) is 15.2. The van der Waals surface area contributed by atoms with Crippen LogP contribution in [0.4, 0.5) is 0 Å². The summed E-state index contributed by atoms with van der Waals surface area (Å²) in [6.07, 6.45) is 7.86. The highest BCUT2D eigenvalue weighted by molar-refractivity contribution is 6.01. The number of allylic oxidation sites excluding steroid dienone is 3. The fraction of sp³-hybridized carbons (Fsp3) is 0.333. The first-order chi connectivity index (χ1) is 11.5. The van der Waals surface area contributed by atoms with E-state index in [-0.39, 0.29) is 0 Å². The van der Waals surface area contributed by atoms with Gasteiger partial charge in [0.05, 0.1) is 11.0 Å². The number of benzene rings is 1. The highest BCUT2D eigenvalue weighted by Gasteiger charge is 2.11. The van der Waals surface area contributed by atoms with Crippen LogP contribution in [0.15, 0.2) is 60.3 Å². The van der Waals surface area contributed by atoms with E-state index >= 15 is 0 Å². The molecule has 0 aliphatic carbocycles. The van der Waals surface area contributed by atoms with Gasteiger partial charge >= 0.3 is 0 Å². The van der Waals surface area contributed by atoms with Crippen molar-refractivity contribution >= 4 is 16.9 Å². The summed E-state index contributed by atoms with van der Waals surface area (Å²) in [4.78, 5) is 9.32. The summed E-state index contributed by atoms with van der Waals surface area (Å²) in [5, 5.41) is 0. The third kappa shape index (κ3) is 3.73. The molecule has 0 N–H and O–H groups in total. The standard InChI is InChI=1S/C21H27N3/c1-7-10-16(5)18(8-2)14-22-21(9-3)24-17(6)23-19-12-11-15(4)13-20(19)24/h8-9,11-14,16H,2-3,7,10H2,1,4-6H3/b18-14+,22-21+. The van der Waals surface area contributed by atoms with Crippen LogP contribution in [0.1, 0.15) is 38.1 Å². The Hall–Kier alpha value is -2.42. The van der Waals surface area contributed by atoms with E-state index in [2.05, 4.69) is 60.6 Å². The molecule has 0 saturated carbocycles. The van der Waals surface area contributed by atoms with Crippen LogP contribution in [-0.2, 0) is 0 Å². The van der Waals surface area contributed by atoms with Crippen LogP contribution in [0.3, 0.4) is 0 Å². The van der Waals surface area contributed by atoms with Gasteiger partial charge in [-0.15, -0.1) is 0 Å². The third-order valence-electron chi connectivity index (χ3n) is 4.26. The fourth-order valence-corrected chi connectivity index (χ4v) is 2.92. The first kappa shape index (κ1) is 17.9. The van der Waals surface area contributed by atoms with Crippen LogP contribution >= 0.6 is 0 Å². The average Bonchev–Trinajstić information content (AvgIpc) is 2.87. The lowest BCUT2D eigenvalue weighted by molar-refractivity contribution is 0.612. The largest absolute Gasteiger partial charge is 0.281 e. The highest BCUT2D eigenvalue weighted by atomic mass is 15.1. The summed E-state index contributed by atoms with van der Waals surface area (Å²) < 4.78 is 2.05. The van der Waals surface area contributed by atoms with Crippen molar-refractivity contribution in [2.24, 2.45) is 10.9 Å². The molecular formula is C21H27N3. The van der Waals surface area contributed by atoms with Crippen molar-refractivity contribution in [1.82, 2.24) is 9.55 Å². The second kappa shape index (κ2) is 7.91. The number of rotatable bonds is 6. The third-order valence-corrected chi connectivity index (χ3v) is 4.26. The minimum Gasteiger partial charge on any atom is -0.281 e. The number of aromatic nitrogens is 2. The zero-order chi connectivity index (χ0) is 17.7. The molecule has 3 nitrogen and oxygen atoms in total. The van der Waals surface area contributed by atoms with E-state index in [1.807, 2.05) is 25.3 Å². The predicted octanol–water partition coefficient (Wildman–Crippen LogP) is 5.59. The number of imidazole rings is 1. The molecular weight excluding hydrogens is 294 g/mol. The molecule has 1 aromatic carbocycles. The van der Waals surface area contributed by atoms with Crippen molar-refractivity contribution in [2.75, 3.05) is 0 Å². The Labute approximate surface area is 145 Å². The Morgan fingerprint density at radius 2 is 2.04 bits per heavy atom. The average molecular weight is 321 g/mol. The van der Waals surface area contributed by atoms with Gasteiger partial charge in [-0.1, -0.05) is 45.6 Å². The number of nitrogens with zero attached hydrogens (tertiary/aromatic N) is 3. The summed E-state index contributed by atoms with van der Waals surface area (Å²) in [5.74, 6) is 2.14. The molecule has 24 heavy (non-hydrogen) atoms. The van der Waals surface area contributed by atoms with Crippen LogP contribution in [-0.4, -0.2) is 15.4 Å². The first-order valence-corrected chi connectivity index (χ1v) is 8.50. The van der Waals surface area contributed by atoms with Gasteiger partial charge in [-0.2, -0.15) is 0 Å². The van der Waals surface area contributed by atoms with Gasteiger partial charge in [-0.25, -0.2) is 9.98 Å². The summed E-state index contributed by atoms with van der Waals surface area (Å²) in [6.45, 7) is 16.3. The van der Waals surface area contributed by atoms with Crippen LogP contribution in [0.2, 0.25) is 0 Å². The molecule has 0 spiro atoms. The van der Waals surface area contributed by atoms with Gasteiger partial charge in [0.1, 0.15) is 11.7 Å². The van der Waals surface area contributed by atoms with Crippen molar-refractivity contribution < 1.29 is 0 Å². The van der Waals surface area contributed by atoms with E-state index in [0.717, 1.165) is 41.1 Å². The Bertz CT molecular complexity index is 806. The number of hydrogen-bond acceptors (Lipinski definition) is 2. The zero-order valence-electron chi connectivity index (χ0n) is 15.2. The maximum absolute atomic E-state index is 4.69. The Morgan fingerprint density at radius 3 is 2.67 bits per heavy atom. The molecule has 0 aliphatic heterocycles. The van der Waals surface area contributed by atoms with Crippen LogP contribution < -0.4 is 0 Å². The highest BCUT2D eigenvalue weighted by Crippen LogP contribution is 2.20. The first-order valence-electron chi connectivity index (χ1n) is 8.50. The SMILES string of the molecule is C=C/C(=C\N=C(/C=C)n1c(C)nc2ccc(C)cc21)C(C)CCC. The van der Waals surface area contributed by atoms with E-state index < -0.39 is 0 Å². The Balaban J connectivity index is 2.52. The second-order valence-corrected chi connectivity index (χ2v) is 6.20. The molecule has 1 unspecified atom stereocenters. The maximum atomic E-state index is 4.69. The molecule has 1 atom stereocenters. The quantitative estimate of drug-likeness (QED) is 0.387. The molecule has 0 radical (unpaired) electrons. The number of aliphatic imine (C=N–C) groups is 1. The van der Waals surface area contributed by atoms with Gasteiger partial charge in [0, 0.05) is 6.20 Å². The van der Waals surface area contributed by atoms with Gasteiger partial charge in [0.25, 0.3) is 0 Å². The second-order valence-electron chi connectivity index (χ2n) is 6.20. The summed E-state index contributed by atoms with van der Waals surface area (Å²) in [6, 6.07) is 6.25. The van der Waals surface area contributed by atoms with E-state index in [1.54, 1.807) is 6.08 Å². The van der Waals surface area contributed by atoms with Crippen LogP contribution in [0, 0.1) is 19.8 Å². The molecule has 0 bridgehead atoms. The molecule has 2 aromatic rings. The van der Waals surface area contributed by atoms with Crippen molar-refractivity contribution in [3.05, 3.63) is 66.7 Å². The lowest BCUT2D eigenvalue weighted by Gasteiger charge is -2.11. The smallest absolute Gasteiger partial charge is 0.137 e. The van der Waals surface area contributed by atoms with Crippen molar-refractivity contribution in [3.63, 3.8) is 0 Å². The Morgan fingerprint density at radius 1 is 1.29 bits per heavy atom. The fourth-order valence-electron chi connectivity index (χ4n) is 2.92. The minimum absolute atomic E-state index is 0.449. The summed E-state index contributed by atoms with van der Waals surface area (Å²) in [5.41, 5.74) is 4.38. The van der Waals surface area contributed by atoms with Gasteiger partial charge in [-0.05, 0) is 55.5 Å². The molecule has 1 aromatic heterocycles. The van der Waals surface area contributed by atoms with E-state index in [1.165, 1.54) is 5.56 Å². The molecule has 0 aliphatic rings. The lowest BCUT2D eigenvalue weighted by Crippen LogP contribution is -2.10. The number of aryl methyl sites for hydroxylation is 2. The van der Waals surface area contributed by atoms with Crippen molar-refractivity contribution in [2.45, 2.75) is 40.5 Å². The van der Waals surface area contributed by atoms with Gasteiger partial charge in [-0.3, -0.25) is 4.57 Å². The van der Waals surface area contributed by atoms with Crippen molar-refractivity contribution in [1.29, 1.82) is 0 Å². The van der Waals surface area contributed by atoms with Crippen LogP contribution in [0.5, 0.6) is 0 Å². The minimum atomic E-state index is 0.449. The predicted molar refractivity (Wildman–Crippen MR) is 105 cm³/mol. The molecule has 126 valence electrons. The molecule has 0 saturated heterocycles. The number of fused-ring (bicyclic) bond motifs is 1. The monoisotopic (exact) mass is 321 g/mol. The summed E-state index contributed by atoms with van der Waals surface area (Å²) >= 11 is 0. The van der Waals surface area contributed by atoms with E-state index in [9.17, 15) is 0 Å². The molecule has 1 heterocycles. The summed E-state index contributed by atoms with van der Waals surface area (Å²) in [7, 11) is 0. The topological polar surface area (TPSA) is 30.2 Å². The molecule has 2 rings (SSSR count). The van der Waals surface area contributed by atoms with Crippen LogP contribution in [0.25, 0.3) is 11.0 Å². The molecule has 0 fully saturated rings. The van der Waals surface area contributed by atoms with Gasteiger partial charge in [0.15, 0.2) is 0 Å². The van der Waals surface area contributed by atoms with E-state index in [4.69, 9.17) is 0 Å². The Kier molecular flexibility index (Phi) is 5.91. The molecule has 3 heteroatoms. The van der Waals surface area contributed by atoms with E-state index in [0.29, 0.717) is 5.92 Å². The van der Waals surface area contributed by atoms with Gasteiger partial charge in [0.2, 0.25) is 0 Å². The number of hydrogen-bond donors (Lipinski definition) is 0. The van der Waals surface area contributed by atoms with Gasteiger partial charge < -0.3 is 0 Å². The van der Waals surface area contributed by atoms with Crippen molar-refractivity contribution in [3.8, 4) is 0 Å². The maximum Gasteiger partial charge on any atom is 0.137 e.